The molecule has 0 amide bonds. The third-order valence-electron chi connectivity index (χ3n) is 2.32. The second kappa shape index (κ2) is 6.44. The molecule has 0 saturated carbocycles. The average Bonchev–Trinajstić information content (AvgIpc) is 2.25. The molecule has 1 heterocycles. The highest BCUT2D eigenvalue weighted by Crippen LogP contribution is 2.41. The first-order chi connectivity index (χ1) is 8.91. The minimum Gasteiger partial charge on any atom is -0.387 e. The predicted octanol–water partition coefficient (Wildman–Crippen LogP) is -2.99. The maximum Gasteiger partial charge on any atom is 0.472 e. The van der Waals surface area contributed by atoms with Crippen LogP contribution in [0.25, 0.3) is 0 Å². The number of ether oxygens (including phenoxy) is 1. The number of hydrogen-bond donors (Lipinski definition) is 7. The van der Waals surface area contributed by atoms with Gasteiger partial charge < -0.3 is 39.6 Å². The molecule has 0 aromatic carbocycles. The van der Waals surface area contributed by atoms with Gasteiger partial charge in [-0.3, -0.25) is 9.05 Å². The molecule has 1 saturated heterocycles. The summed E-state index contributed by atoms with van der Waals surface area (Å²) in [5.74, 6) is 0. The zero-order chi connectivity index (χ0) is 15.7. The Hall–Kier alpha value is 0.0600. The van der Waals surface area contributed by atoms with Crippen LogP contribution < -0.4 is 0 Å². The van der Waals surface area contributed by atoms with Gasteiger partial charge in [0.15, 0.2) is 6.29 Å². The van der Waals surface area contributed by atoms with Crippen molar-refractivity contribution in [2.75, 3.05) is 6.61 Å². The van der Waals surface area contributed by atoms with Crippen LogP contribution in [0, 0.1) is 0 Å². The van der Waals surface area contributed by atoms with Crippen LogP contribution in [0.15, 0.2) is 0 Å². The first-order valence-electron chi connectivity index (χ1n) is 5.04. The van der Waals surface area contributed by atoms with Gasteiger partial charge in [0.2, 0.25) is 0 Å². The van der Waals surface area contributed by atoms with Crippen molar-refractivity contribution in [2.45, 2.75) is 30.7 Å². The number of aliphatic hydroxyl groups excluding tert-OH is 3. The molecule has 7 N–H and O–H groups in total. The van der Waals surface area contributed by atoms with Gasteiger partial charge in [-0.25, -0.2) is 9.13 Å². The van der Waals surface area contributed by atoms with Crippen LogP contribution >= 0.6 is 15.6 Å². The number of aliphatic hydroxyl groups is 3. The van der Waals surface area contributed by atoms with E-state index in [0.717, 1.165) is 0 Å². The molecular weight excluding hydrogens is 326 g/mol. The molecule has 0 spiro atoms. The highest BCUT2D eigenvalue weighted by molar-refractivity contribution is 7.46. The van der Waals surface area contributed by atoms with Crippen molar-refractivity contribution < 1.29 is 57.8 Å². The highest BCUT2D eigenvalue weighted by atomic mass is 31.2. The van der Waals surface area contributed by atoms with E-state index >= 15 is 0 Å². The van der Waals surface area contributed by atoms with Crippen LogP contribution in [-0.4, -0.2) is 72.2 Å². The Morgan fingerprint density at radius 1 is 0.900 bits per heavy atom. The van der Waals surface area contributed by atoms with E-state index in [2.05, 4.69) is 9.05 Å². The van der Waals surface area contributed by atoms with Crippen LogP contribution in [-0.2, 0) is 22.9 Å². The molecule has 20 heavy (non-hydrogen) atoms. The smallest absolute Gasteiger partial charge is 0.387 e. The number of phosphoric acid groups is 2. The van der Waals surface area contributed by atoms with Gasteiger partial charge in [-0.15, -0.1) is 0 Å². The van der Waals surface area contributed by atoms with Crippen LogP contribution in [0.3, 0.4) is 0 Å². The first-order valence-corrected chi connectivity index (χ1v) is 8.10. The van der Waals surface area contributed by atoms with Gasteiger partial charge >= 0.3 is 15.6 Å². The first kappa shape index (κ1) is 18.1. The van der Waals surface area contributed by atoms with Crippen LogP contribution in [0.1, 0.15) is 0 Å². The lowest BCUT2D eigenvalue weighted by molar-refractivity contribution is -0.279. The van der Waals surface area contributed by atoms with E-state index < -0.39 is 53.0 Å². The van der Waals surface area contributed by atoms with Crippen LogP contribution in [0.5, 0.6) is 0 Å². The fourth-order valence-corrected chi connectivity index (χ4v) is 2.23. The summed E-state index contributed by atoms with van der Waals surface area (Å²) in [4.78, 5) is 34.1. The molecule has 12 nitrogen and oxygen atoms in total. The van der Waals surface area contributed by atoms with E-state index in [0.29, 0.717) is 0 Å². The Balaban J connectivity index is 2.76. The summed E-state index contributed by atoms with van der Waals surface area (Å²) in [7, 11) is -9.95. The van der Waals surface area contributed by atoms with E-state index in [1.807, 2.05) is 0 Å². The average molecular weight is 340 g/mol. The van der Waals surface area contributed by atoms with Crippen molar-refractivity contribution in [3.8, 4) is 0 Å². The minimum absolute atomic E-state index is 0.907. The van der Waals surface area contributed by atoms with Gasteiger partial charge in [0.05, 0.1) is 6.61 Å². The molecule has 0 aliphatic carbocycles. The Morgan fingerprint density at radius 2 is 1.45 bits per heavy atom. The summed E-state index contributed by atoms with van der Waals surface area (Å²) in [5.41, 5.74) is 0. The number of rotatable bonds is 5. The van der Waals surface area contributed by atoms with E-state index in [-0.39, 0.29) is 0 Å². The number of phosphoric ester groups is 2. The van der Waals surface area contributed by atoms with Crippen molar-refractivity contribution in [3.63, 3.8) is 0 Å². The second-order valence-corrected chi connectivity index (χ2v) is 6.33. The zero-order valence-electron chi connectivity index (χ0n) is 9.66. The quantitative estimate of drug-likeness (QED) is 0.250. The van der Waals surface area contributed by atoms with E-state index in [1.165, 1.54) is 0 Å². The van der Waals surface area contributed by atoms with Gasteiger partial charge in [0.25, 0.3) is 0 Å². The lowest BCUT2D eigenvalue weighted by atomic mass is 10.00. The lowest BCUT2D eigenvalue weighted by Crippen LogP contribution is -2.59. The molecule has 1 unspecified atom stereocenters. The van der Waals surface area contributed by atoms with E-state index in [4.69, 9.17) is 24.3 Å². The Kier molecular flexibility index (Phi) is 5.83. The highest BCUT2D eigenvalue weighted by Gasteiger charge is 2.47. The Morgan fingerprint density at radius 3 is 1.90 bits per heavy atom. The molecule has 1 rings (SSSR count). The summed E-state index contributed by atoms with van der Waals surface area (Å²) < 4.78 is 33.9. The van der Waals surface area contributed by atoms with Crippen molar-refractivity contribution in [3.05, 3.63) is 0 Å². The summed E-state index contributed by atoms with van der Waals surface area (Å²) in [5, 5.41) is 28.4. The SMILES string of the molecule is O=P(O)(O)OC[C@H]1OC(OP(=O)(O)O)[C@H](O)[C@@H](O)[C@H]1O. The minimum atomic E-state index is -5.07. The van der Waals surface area contributed by atoms with Gasteiger partial charge in [0.1, 0.15) is 24.4 Å². The molecule has 120 valence electrons. The van der Waals surface area contributed by atoms with Crippen molar-refractivity contribution in [2.24, 2.45) is 0 Å². The topological polar surface area (TPSA) is 203 Å². The molecule has 1 fully saturated rings. The van der Waals surface area contributed by atoms with E-state index in [9.17, 15) is 24.4 Å². The van der Waals surface area contributed by atoms with Crippen LogP contribution in [0.2, 0.25) is 0 Å². The molecule has 5 atom stereocenters. The van der Waals surface area contributed by atoms with Gasteiger partial charge in [-0.05, 0) is 0 Å². The van der Waals surface area contributed by atoms with Crippen LogP contribution in [0.4, 0.5) is 0 Å². The maximum absolute atomic E-state index is 10.6. The summed E-state index contributed by atoms with van der Waals surface area (Å²) in [6, 6.07) is 0. The largest absolute Gasteiger partial charge is 0.472 e. The zero-order valence-corrected chi connectivity index (χ0v) is 11.4. The molecule has 1 aliphatic heterocycles. The molecule has 0 aromatic rings. The summed E-state index contributed by atoms with van der Waals surface area (Å²) in [6.45, 7) is -0.907. The molecular formula is C6H14O12P2. The van der Waals surface area contributed by atoms with E-state index in [1.54, 1.807) is 0 Å². The standard InChI is InChI=1S/C6H14O12P2/c7-3-2(1-16-19(10,11)12)17-6(5(9)4(3)8)18-20(13,14)15/h2-9H,1H2,(H2,10,11,12)(H2,13,14,15)/t2-,3+,4+,5-,6?/m1/s1. The van der Waals surface area contributed by atoms with Crippen molar-refractivity contribution in [1.29, 1.82) is 0 Å². The van der Waals surface area contributed by atoms with Gasteiger partial charge in [0, 0.05) is 0 Å². The van der Waals surface area contributed by atoms with Crippen molar-refractivity contribution in [1.82, 2.24) is 0 Å². The lowest BCUT2D eigenvalue weighted by Gasteiger charge is -2.39. The van der Waals surface area contributed by atoms with Gasteiger partial charge in [-0.2, -0.15) is 0 Å². The Bertz CT molecular complexity index is 412. The fraction of sp³-hybridized carbons (Fsp3) is 1.00. The van der Waals surface area contributed by atoms with Gasteiger partial charge in [-0.1, -0.05) is 0 Å². The summed E-state index contributed by atoms with van der Waals surface area (Å²) in [6.07, 6.45) is -9.32. The molecule has 0 bridgehead atoms. The molecule has 14 heteroatoms. The second-order valence-electron chi connectivity index (χ2n) is 3.90. The normalized spacial score (nSPS) is 36.0. The third-order valence-corrected chi connectivity index (χ3v) is 3.28. The summed E-state index contributed by atoms with van der Waals surface area (Å²) >= 11 is 0. The molecule has 0 aromatic heterocycles. The fourth-order valence-electron chi connectivity index (χ4n) is 1.45. The molecule has 1 aliphatic rings. The van der Waals surface area contributed by atoms with Crippen molar-refractivity contribution >= 4 is 15.6 Å². The maximum atomic E-state index is 10.6. The monoisotopic (exact) mass is 340 g/mol. The predicted molar refractivity (Wildman–Crippen MR) is 57.8 cm³/mol. The number of hydrogen-bond acceptors (Lipinski definition) is 8. The Labute approximate surface area is 112 Å². The molecule has 0 radical (unpaired) electrons. The third kappa shape index (κ3) is 5.45.